The van der Waals surface area contributed by atoms with Crippen LogP contribution in [-0.2, 0) is 0 Å². The molecule has 62 heavy (non-hydrogen) atoms. The largest absolute Gasteiger partial charge is 0.308 e. The Bertz CT molecular complexity index is 3540. The number of rotatable bonds is 6. The molecule has 8 aromatic carbocycles. The van der Waals surface area contributed by atoms with Crippen LogP contribution >= 0.6 is 0 Å². The van der Waals surface area contributed by atoms with Crippen LogP contribution < -0.4 is 0 Å². The predicted molar refractivity (Wildman–Crippen MR) is 249 cm³/mol. The third-order valence-electron chi connectivity index (χ3n) is 11.8. The molecule has 11 aromatic rings. The molecule has 3 aromatic heterocycles. The number of benzene rings is 8. The summed E-state index contributed by atoms with van der Waals surface area (Å²) in [6.45, 7) is 0. The summed E-state index contributed by atoms with van der Waals surface area (Å²) < 4.78 is 4.54. The Hall–Kier alpha value is -9.02. The Morgan fingerprint density at radius 1 is 0.323 bits per heavy atom. The number of fused-ring (bicyclic) bond motifs is 6. The fourth-order valence-electron chi connectivity index (χ4n) is 8.99. The van der Waals surface area contributed by atoms with E-state index in [4.69, 9.17) is 4.98 Å². The van der Waals surface area contributed by atoms with Crippen molar-refractivity contribution in [3.05, 3.63) is 211 Å². The lowest BCUT2D eigenvalue weighted by molar-refractivity contribution is 1.12. The zero-order valence-electron chi connectivity index (χ0n) is 33.2. The van der Waals surface area contributed by atoms with E-state index in [9.17, 15) is 15.8 Å². The molecule has 0 saturated heterocycles. The van der Waals surface area contributed by atoms with Crippen LogP contribution in [0.15, 0.2) is 194 Å². The maximum atomic E-state index is 10.9. The lowest BCUT2D eigenvalue weighted by atomic mass is 10.00. The minimum Gasteiger partial charge on any atom is -0.308 e. The number of pyridine rings is 1. The number of para-hydroxylation sites is 2. The van der Waals surface area contributed by atoms with Gasteiger partial charge in [-0.3, -0.25) is 0 Å². The third-order valence-corrected chi connectivity index (χ3v) is 11.8. The fourth-order valence-corrected chi connectivity index (χ4v) is 8.99. The molecule has 6 nitrogen and oxygen atoms in total. The van der Waals surface area contributed by atoms with Crippen molar-refractivity contribution in [3.63, 3.8) is 0 Å². The molecule has 11 rings (SSSR count). The average Bonchev–Trinajstić information content (AvgIpc) is 3.86. The van der Waals surface area contributed by atoms with Crippen molar-refractivity contribution in [1.82, 2.24) is 14.1 Å². The van der Waals surface area contributed by atoms with E-state index in [2.05, 4.69) is 124 Å². The SMILES string of the molecule is N#Cc1cccc(-c2ccc3c4ccccc4n(-c4cc(C#N)cc(-n5c6ccccc6c6ccc(-c7cccc(C#N)c7)cc65)c4-c4cccc(-c5ccccc5)n4)c3c2)c1. The second-order valence-electron chi connectivity index (χ2n) is 15.3. The lowest BCUT2D eigenvalue weighted by Gasteiger charge is -2.21. The van der Waals surface area contributed by atoms with Gasteiger partial charge in [0.05, 0.1) is 79.7 Å². The van der Waals surface area contributed by atoms with Crippen molar-refractivity contribution in [1.29, 1.82) is 15.8 Å². The topological polar surface area (TPSA) is 94.1 Å². The van der Waals surface area contributed by atoms with Gasteiger partial charge in [0.15, 0.2) is 0 Å². The van der Waals surface area contributed by atoms with Gasteiger partial charge in [-0.1, -0.05) is 121 Å². The third kappa shape index (κ3) is 5.89. The highest BCUT2D eigenvalue weighted by atomic mass is 15.0. The van der Waals surface area contributed by atoms with Crippen molar-refractivity contribution in [2.24, 2.45) is 0 Å². The van der Waals surface area contributed by atoms with Gasteiger partial charge in [0, 0.05) is 32.7 Å². The van der Waals surface area contributed by atoms with E-state index < -0.39 is 0 Å². The van der Waals surface area contributed by atoms with Gasteiger partial charge in [-0.25, -0.2) is 4.98 Å². The van der Waals surface area contributed by atoms with E-state index in [1.165, 1.54) is 0 Å². The van der Waals surface area contributed by atoms with E-state index in [1.54, 1.807) is 0 Å². The number of nitriles is 3. The summed E-state index contributed by atoms with van der Waals surface area (Å²) in [4.78, 5) is 5.43. The number of hydrogen-bond donors (Lipinski definition) is 0. The summed E-state index contributed by atoms with van der Waals surface area (Å²) in [5, 5.41) is 34.8. The van der Waals surface area contributed by atoms with Crippen molar-refractivity contribution in [2.75, 3.05) is 0 Å². The molecule has 0 N–H and O–H groups in total. The maximum absolute atomic E-state index is 10.9. The second-order valence-corrected chi connectivity index (χ2v) is 15.3. The molecule has 0 atom stereocenters. The summed E-state index contributed by atoms with van der Waals surface area (Å²) in [5.41, 5.74) is 14.4. The molecule has 0 saturated carbocycles. The Balaban J connectivity index is 1.29. The van der Waals surface area contributed by atoms with Gasteiger partial charge in [-0.05, 0) is 95.1 Å². The summed E-state index contributed by atoms with van der Waals surface area (Å²) in [6.07, 6.45) is 0. The molecule has 0 fully saturated rings. The first-order valence-electron chi connectivity index (χ1n) is 20.3. The number of nitrogens with zero attached hydrogens (tertiary/aromatic N) is 6. The quantitative estimate of drug-likeness (QED) is 0.168. The molecule has 286 valence electrons. The number of hydrogen-bond acceptors (Lipinski definition) is 4. The molecule has 0 aliphatic carbocycles. The van der Waals surface area contributed by atoms with E-state index in [1.807, 2.05) is 97.1 Å². The molecular weight excluding hydrogens is 757 g/mol. The van der Waals surface area contributed by atoms with Gasteiger partial charge in [-0.2, -0.15) is 15.8 Å². The van der Waals surface area contributed by atoms with Gasteiger partial charge in [0.25, 0.3) is 0 Å². The molecule has 3 heterocycles. The molecule has 0 aliphatic rings. The van der Waals surface area contributed by atoms with E-state index in [0.717, 1.165) is 99.8 Å². The first-order chi connectivity index (χ1) is 30.6. The van der Waals surface area contributed by atoms with Gasteiger partial charge < -0.3 is 9.13 Å². The van der Waals surface area contributed by atoms with E-state index >= 15 is 0 Å². The Kier molecular flexibility index (Phi) is 8.54. The summed E-state index contributed by atoms with van der Waals surface area (Å²) in [7, 11) is 0. The molecule has 0 radical (unpaired) electrons. The Morgan fingerprint density at radius 2 is 0.758 bits per heavy atom. The molecule has 0 amide bonds. The zero-order valence-corrected chi connectivity index (χ0v) is 33.2. The van der Waals surface area contributed by atoms with Crippen LogP contribution in [0.1, 0.15) is 16.7 Å². The minimum absolute atomic E-state index is 0.491. The Morgan fingerprint density at radius 3 is 1.29 bits per heavy atom. The van der Waals surface area contributed by atoms with Crippen molar-refractivity contribution < 1.29 is 0 Å². The molecule has 0 bridgehead atoms. The van der Waals surface area contributed by atoms with Gasteiger partial charge in [-0.15, -0.1) is 0 Å². The minimum atomic E-state index is 0.491. The Labute approximate surface area is 357 Å². The van der Waals surface area contributed by atoms with Crippen molar-refractivity contribution in [3.8, 4) is 74.4 Å². The van der Waals surface area contributed by atoms with Crippen LogP contribution in [0.3, 0.4) is 0 Å². The second kappa shape index (κ2) is 14.7. The van der Waals surface area contributed by atoms with Crippen LogP contribution in [0.2, 0.25) is 0 Å². The molecule has 0 unspecified atom stereocenters. The predicted octanol–water partition coefficient (Wildman–Crippen LogP) is 13.6. The smallest absolute Gasteiger partial charge is 0.0993 e. The highest BCUT2D eigenvalue weighted by Crippen LogP contribution is 2.44. The van der Waals surface area contributed by atoms with E-state index in [-0.39, 0.29) is 0 Å². The summed E-state index contributed by atoms with van der Waals surface area (Å²) >= 11 is 0. The first kappa shape index (κ1) is 36.1. The molecule has 0 spiro atoms. The number of aromatic nitrogens is 3. The summed E-state index contributed by atoms with van der Waals surface area (Å²) in [5.74, 6) is 0. The highest BCUT2D eigenvalue weighted by molar-refractivity contribution is 6.13. The fraction of sp³-hybridized carbons (Fsp3) is 0. The highest BCUT2D eigenvalue weighted by Gasteiger charge is 2.25. The van der Waals surface area contributed by atoms with E-state index in [0.29, 0.717) is 16.7 Å². The average molecular weight is 789 g/mol. The first-order valence-corrected chi connectivity index (χ1v) is 20.3. The van der Waals surface area contributed by atoms with Crippen molar-refractivity contribution in [2.45, 2.75) is 0 Å². The van der Waals surface area contributed by atoms with Gasteiger partial charge >= 0.3 is 0 Å². The van der Waals surface area contributed by atoms with Crippen LogP contribution in [0.25, 0.3) is 99.8 Å². The van der Waals surface area contributed by atoms with Gasteiger partial charge in [0.2, 0.25) is 0 Å². The summed E-state index contributed by atoms with van der Waals surface area (Å²) in [6, 6.07) is 72.4. The van der Waals surface area contributed by atoms with Gasteiger partial charge in [0.1, 0.15) is 0 Å². The standard InChI is InChI=1S/C56H32N6/c57-33-36-11-8-15-40(27-36)42-23-25-46-44-17-4-6-21-50(44)61(52(46)31-42)54-29-38(35-59)30-55(56(54)49-20-10-19-48(60-49)39-13-2-1-3-14-39)62-51-22-7-5-18-45(51)47-26-24-43(32-53(47)62)41-16-9-12-37(28-41)34-58/h1-32H. The van der Waals surface area contributed by atoms with Crippen LogP contribution in [-0.4, -0.2) is 14.1 Å². The van der Waals surface area contributed by atoms with Crippen LogP contribution in [0.5, 0.6) is 0 Å². The van der Waals surface area contributed by atoms with Crippen LogP contribution in [0, 0.1) is 34.0 Å². The normalized spacial score (nSPS) is 11.2. The lowest BCUT2D eigenvalue weighted by Crippen LogP contribution is -2.06. The maximum Gasteiger partial charge on any atom is 0.0993 e. The monoisotopic (exact) mass is 788 g/mol. The molecular formula is C56H32N6. The van der Waals surface area contributed by atoms with Crippen molar-refractivity contribution >= 4 is 43.6 Å². The molecule has 0 aliphatic heterocycles. The van der Waals surface area contributed by atoms with Crippen LogP contribution in [0.4, 0.5) is 0 Å². The molecule has 6 heteroatoms. The zero-order chi connectivity index (χ0) is 41.7.